The first-order valence-electron chi connectivity index (χ1n) is 4.31. The van der Waals surface area contributed by atoms with Crippen molar-refractivity contribution in [3.05, 3.63) is 21.2 Å². The van der Waals surface area contributed by atoms with Crippen LogP contribution in [-0.2, 0) is 0 Å². The van der Waals surface area contributed by atoms with E-state index >= 15 is 0 Å². The minimum absolute atomic E-state index is 0.373. The Morgan fingerprint density at radius 3 is 2.54 bits per heavy atom. The number of hydrogen-bond donors (Lipinski definition) is 1. The van der Waals surface area contributed by atoms with E-state index < -0.39 is 0 Å². The molecule has 3 heteroatoms. The SMILES string of the molecule is CC(=Cc1sc(C)nc1C)C(C)O. The lowest BCUT2D eigenvalue weighted by atomic mass is 10.1. The number of nitrogens with zero attached hydrogens (tertiary/aromatic N) is 1. The lowest BCUT2D eigenvalue weighted by Gasteiger charge is -2.02. The molecule has 2 nitrogen and oxygen atoms in total. The van der Waals surface area contributed by atoms with Crippen LogP contribution in [0.25, 0.3) is 6.08 Å². The molecule has 0 aromatic carbocycles. The lowest BCUT2D eigenvalue weighted by molar-refractivity contribution is 0.232. The molecular weight excluding hydrogens is 182 g/mol. The Hall–Kier alpha value is -0.670. The zero-order valence-corrected chi connectivity index (χ0v) is 9.27. The standard InChI is InChI=1S/C10H15NOS/c1-6(8(3)12)5-10-7(2)11-9(4)13-10/h5,8,12H,1-4H3. The van der Waals surface area contributed by atoms with Crippen molar-refractivity contribution in [2.75, 3.05) is 0 Å². The Kier molecular flexibility index (Phi) is 3.22. The molecule has 72 valence electrons. The third-order valence-corrected chi connectivity index (χ3v) is 2.98. The van der Waals surface area contributed by atoms with Crippen molar-refractivity contribution in [1.29, 1.82) is 0 Å². The molecule has 1 aromatic heterocycles. The second kappa shape index (κ2) is 4.03. The Labute approximate surface area is 83.0 Å². The molecule has 0 amide bonds. The summed E-state index contributed by atoms with van der Waals surface area (Å²) in [7, 11) is 0. The topological polar surface area (TPSA) is 33.1 Å². The summed E-state index contributed by atoms with van der Waals surface area (Å²) in [4.78, 5) is 5.46. The van der Waals surface area contributed by atoms with E-state index in [-0.39, 0.29) is 6.10 Å². The van der Waals surface area contributed by atoms with Crippen molar-refractivity contribution >= 4 is 17.4 Å². The van der Waals surface area contributed by atoms with E-state index in [0.717, 1.165) is 21.2 Å². The first kappa shape index (κ1) is 10.4. The number of hydrogen-bond acceptors (Lipinski definition) is 3. The number of thiazole rings is 1. The third-order valence-electron chi connectivity index (χ3n) is 1.96. The monoisotopic (exact) mass is 197 g/mol. The molecule has 0 aliphatic heterocycles. The molecule has 0 saturated carbocycles. The minimum atomic E-state index is -0.373. The smallest absolute Gasteiger partial charge is 0.0903 e. The van der Waals surface area contributed by atoms with Gasteiger partial charge in [0, 0.05) is 0 Å². The largest absolute Gasteiger partial charge is 0.389 e. The summed E-state index contributed by atoms with van der Waals surface area (Å²) in [6.45, 7) is 7.69. The predicted molar refractivity (Wildman–Crippen MR) is 56.9 cm³/mol. The maximum Gasteiger partial charge on any atom is 0.0903 e. The van der Waals surface area contributed by atoms with Crippen molar-refractivity contribution in [2.24, 2.45) is 0 Å². The van der Waals surface area contributed by atoms with Crippen molar-refractivity contribution in [3.8, 4) is 0 Å². The second-order valence-electron chi connectivity index (χ2n) is 3.25. The van der Waals surface area contributed by atoms with Gasteiger partial charge in [0.15, 0.2) is 0 Å². The Bertz CT molecular complexity index is 326. The third kappa shape index (κ3) is 2.64. The van der Waals surface area contributed by atoms with Gasteiger partial charge in [0.25, 0.3) is 0 Å². The van der Waals surface area contributed by atoms with Crippen LogP contribution in [0.1, 0.15) is 29.4 Å². The van der Waals surface area contributed by atoms with Crippen LogP contribution in [-0.4, -0.2) is 16.2 Å². The maximum absolute atomic E-state index is 9.30. The predicted octanol–water partition coefficient (Wildman–Crippen LogP) is 2.54. The van der Waals surface area contributed by atoms with Gasteiger partial charge in [-0.15, -0.1) is 11.3 Å². The van der Waals surface area contributed by atoms with Gasteiger partial charge in [0.1, 0.15) is 0 Å². The summed E-state index contributed by atoms with van der Waals surface area (Å²) in [5, 5.41) is 10.4. The van der Waals surface area contributed by atoms with Gasteiger partial charge in [0.05, 0.1) is 21.7 Å². The normalized spacial score (nSPS) is 14.7. The maximum atomic E-state index is 9.30. The summed E-state index contributed by atoms with van der Waals surface area (Å²) in [5.41, 5.74) is 2.02. The molecule has 0 saturated heterocycles. The lowest BCUT2D eigenvalue weighted by Crippen LogP contribution is -2.00. The van der Waals surface area contributed by atoms with Crippen LogP contribution in [0.2, 0.25) is 0 Å². The van der Waals surface area contributed by atoms with Crippen LogP contribution in [0.4, 0.5) is 0 Å². The van der Waals surface area contributed by atoms with Gasteiger partial charge in [-0.1, -0.05) is 0 Å². The summed E-state index contributed by atoms with van der Waals surface area (Å²) < 4.78 is 0. The van der Waals surface area contributed by atoms with Crippen LogP contribution in [0.3, 0.4) is 0 Å². The Balaban J connectivity index is 2.96. The van der Waals surface area contributed by atoms with E-state index in [4.69, 9.17) is 0 Å². The highest BCUT2D eigenvalue weighted by Gasteiger charge is 2.04. The van der Waals surface area contributed by atoms with Crippen LogP contribution in [0, 0.1) is 13.8 Å². The highest BCUT2D eigenvalue weighted by molar-refractivity contribution is 7.12. The molecule has 0 aliphatic rings. The van der Waals surface area contributed by atoms with E-state index in [1.807, 2.05) is 26.8 Å². The molecule has 0 radical (unpaired) electrons. The fourth-order valence-electron chi connectivity index (χ4n) is 1.01. The van der Waals surface area contributed by atoms with Gasteiger partial charge < -0.3 is 5.11 Å². The molecule has 1 unspecified atom stereocenters. The van der Waals surface area contributed by atoms with Crippen molar-refractivity contribution in [1.82, 2.24) is 4.98 Å². The zero-order chi connectivity index (χ0) is 10.0. The van der Waals surface area contributed by atoms with Gasteiger partial charge in [-0.05, 0) is 39.3 Å². The van der Waals surface area contributed by atoms with E-state index in [1.165, 1.54) is 0 Å². The van der Waals surface area contributed by atoms with Crippen molar-refractivity contribution in [2.45, 2.75) is 33.8 Å². The average molecular weight is 197 g/mol. The zero-order valence-electron chi connectivity index (χ0n) is 8.46. The number of aromatic nitrogens is 1. The molecule has 0 spiro atoms. The van der Waals surface area contributed by atoms with Crippen LogP contribution in [0.5, 0.6) is 0 Å². The first-order chi connectivity index (χ1) is 6.00. The highest BCUT2D eigenvalue weighted by Crippen LogP contribution is 2.20. The van der Waals surface area contributed by atoms with Crippen LogP contribution >= 0.6 is 11.3 Å². The van der Waals surface area contributed by atoms with Gasteiger partial charge in [-0.3, -0.25) is 0 Å². The fraction of sp³-hybridized carbons (Fsp3) is 0.500. The molecule has 0 fully saturated rings. The second-order valence-corrected chi connectivity index (χ2v) is 4.48. The molecule has 1 heterocycles. The molecule has 0 bridgehead atoms. The Morgan fingerprint density at radius 1 is 1.54 bits per heavy atom. The van der Waals surface area contributed by atoms with E-state index in [2.05, 4.69) is 4.98 Å². The molecule has 13 heavy (non-hydrogen) atoms. The van der Waals surface area contributed by atoms with Crippen molar-refractivity contribution in [3.63, 3.8) is 0 Å². The van der Waals surface area contributed by atoms with Gasteiger partial charge in [0.2, 0.25) is 0 Å². The van der Waals surface area contributed by atoms with Gasteiger partial charge in [-0.2, -0.15) is 0 Å². The molecule has 0 aliphatic carbocycles. The average Bonchev–Trinajstić information content (AvgIpc) is 2.30. The summed E-state index contributed by atoms with van der Waals surface area (Å²) >= 11 is 1.66. The number of aliphatic hydroxyl groups is 1. The summed E-state index contributed by atoms with van der Waals surface area (Å²) in [6, 6.07) is 0. The fourth-order valence-corrected chi connectivity index (χ4v) is 1.95. The molecule has 1 atom stereocenters. The van der Waals surface area contributed by atoms with E-state index in [0.29, 0.717) is 0 Å². The number of rotatable bonds is 2. The highest BCUT2D eigenvalue weighted by atomic mass is 32.1. The Morgan fingerprint density at radius 2 is 2.15 bits per heavy atom. The summed E-state index contributed by atoms with van der Waals surface area (Å²) in [6.07, 6.45) is 1.63. The molecule has 1 rings (SSSR count). The van der Waals surface area contributed by atoms with Crippen LogP contribution < -0.4 is 0 Å². The van der Waals surface area contributed by atoms with Gasteiger partial charge >= 0.3 is 0 Å². The van der Waals surface area contributed by atoms with Crippen molar-refractivity contribution < 1.29 is 5.11 Å². The number of aliphatic hydroxyl groups excluding tert-OH is 1. The van der Waals surface area contributed by atoms with Crippen LogP contribution in [0.15, 0.2) is 5.57 Å². The molecular formula is C10H15NOS. The van der Waals surface area contributed by atoms with E-state index in [9.17, 15) is 5.11 Å². The molecule has 1 N–H and O–H groups in total. The van der Waals surface area contributed by atoms with Gasteiger partial charge in [-0.25, -0.2) is 4.98 Å². The number of aryl methyl sites for hydroxylation is 2. The summed E-state index contributed by atoms with van der Waals surface area (Å²) in [5.74, 6) is 0. The first-order valence-corrected chi connectivity index (χ1v) is 5.12. The quantitative estimate of drug-likeness (QED) is 0.790. The minimum Gasteiger partial charge on any atom is -0.389 e. The molecule has 1 aromatic rings. The van der Waals surface area contributed by atoms with E-state index in [1.54, 1.807) is 18.3 Å².